The Kier molecular flexibility index (Phi) is 3.78. The van der Waals surface area contributed by atoms with E-state index in [1.165, 1.54) is 36.4 Å². The van der Waals surface area contributed by atoms with Crippen molar-refractivity contribution in [2.45, 2.75) is 17.9 Å². The second kappa shape index (κ2) is 5.64. The Bertz CT molecular complexity index is 1020. The zero-order valence-corrected chi connectivity index (χ0v) is 12.9. The average molecular weight is 335 g/mol. The molecule has 0 fully saturated rings. The fraction of sp³-hybridized carbons (Fsp3) is 0.133. The van der Waals surface area contributed by atoms with Crippen molar-refractivity contribution in [3.8, 4) is 0 Å². The van der Waals surface area contributed by atoms with Crippen LogP contribution in [-0.4, -0.2) is 18.4 Å². The van der Waals surface area contributed by atoms with Crippen molar-refractivity contribution in [2.75, 3.05) is 0 Å². The zero-order chi connectivity index (χ0) is 16.6. The Hall–Kier alpha value is -2.45. The molecule has 6 nitrogen and oxygen atoms in total. The normalized spacial score (nSPS) is 13.3. The standard InChI is InChI=1S/C15H14FN3O3S/c1-9(11-4-2-3-5-12(11)16)19-23(21,22)10-6-7-13-14(8-10)18-15(20)17-13/h2-9,19H,1H3,(H2,17,18,20). The predicted octanol–water partition coefficient (Wildman–Crippen LogP) is 2.03. The van der Waals surface area contributed by atoms with Gasteiger partial charge in [0, 0.05) is 11.6 Å². The molecule has 1 aromatic heterocycles. The van der Waals surface area contributed by atoms with Crippen LogP contribution >= 0.6 is 0 Å². The van der Waals surface area contributed by atoms with Gasteiger partial charge in [0.25, 0.3) is 0 Å². The van der Waals surface area contributed by atoms with Crippen LogP contribution in [0.3, 0.4) is 0 Å². The molecule has 23 heavy (non-hydrogen) atoms. The number of benzene rings is 2. The maximum atomic E-state index is 13.8. The highest BCUT2D eigenvalue weighted by Gasteiger charge is 2.20. The van der Waals surface area contributed by atoms with E-state index in [1.807, 2.05) is 0 Å². The summed E-state index contributed by atoms with van der Waals surface area (Å²) in [5, 5.41) is 0. The van der Waals surface area contributed by atoms with Crippen molar-refractivity contribution in [2.24, 2.45) is 0 Å². The second-order valence-electron chi connectivity index (χ2n) is 5.15. The lowest BCUT2D eigenvalue weighted by Crippen LogP contribution is -2.27. The van der Waals surface area contributed by atoms with Crippen LogP contribution in [0.2, 0.25) is 0 Å². The van der Waals surface area contributed by atoms with Gasteiger partial charge < -0.3 is 9.97 Å². The van der Waals surface area contributed by atoms with E-state index in [0.29, 0.717) is 11.0 Å². The number of sulfonamides is 1. The van der Waals surface area contributed by atoms with Crippen LogP contribution in [0.1, 0.15) is 18.5 Å². The lowest BCUT2D eigenvalue weighted by Gasteiger charge is -2.15. The van der Waals surface area contributed by atoms with Crippen LogP contribution in [0.5, 0.6) is 0 Å². The quantitative estimate of drug-likeness (QED) is 0.681. The highest BCUT2D eigenvalue weighted by Crippen LogP contribution is 2.20. The van der Waals surface area contributed by atoms with Crippen LogP contribution in [-0.2, 0) is 10.0 Å². The fourth-order valence-corrected chi connectivity index (χ4v) is 3.62. The molecule has 0 bridgehead atoms. The van der Waals surface area contributed by atoms with Crippen LogP contribution in [0.25, 0.3) is 11.0 Å². The van der Waals surface area contributed by atoms with Crippen molar-refractivity contribution < 1.29 is 12.8 Å². The Balaban J connectivity index is 1.93. The Labute approximate surface area is 131 Å². The number of imidazole rings is 1. The first-order chi connectivity index (χ1) is 10.9. The summed E-state index contributed by atoms with van der Waals surface area (Å²) in [5.74, 6) is -0.479. The molecule has 0 aliphatic heterocycles. The molecular formula is C15H14FN3O3S. The first-order valence-corrected chi connectivity index (χ1v) is 8.34. The largest absolute Gasteiger partial charge is 0.323 e. The molecule has 1 heterocycles. The Morgan fingerprint density at radius 1 is 1.09 bits per heavy atom. The molecule has 0 aliphatic rings. The van der Waals surface area contributed by atoms with Crippen LogP contribution < -0.4 is 10.4 Å². The summed E-state index contributed by atoms with van der Waals surface area (Å²) >= 11 is 0. The third-order valence-electron chi connectivity index (χ3n) is 3.50. The number of rotatable bonds is 4. The maximum absolute atomic E-state index is 13.8. The third kappa shape index (κ3) is 3.03. The Morgan fingerprint density at radius 3 is 2.52 bits per heavy atom. The van der Waals surface area contributed by atoms with Crippen molar-refractivity contribution in [3.05, 3.63) is 64.3 Å². The molecule has 0 aliphatic carbocycles. The molecule has 1 unspecified atom stereocenters. The van der Waals surface area contributed by atoms with Crippen LogP contribution in [0.4, 0.5) is 4.39 Å². The summed E-state index contributed by atoms with van der Waals surface area (Å²) in [4.78, 5) is 16.3. The number of hydrogen-bond donors (Lipinski definition) is 3. The molecule has 0 saturated heterocycles. The first kappa shape index (κ1) is 15.4. The van der Waals surface area contributed by atoms with E-state index >= 15 is 0 Å². The van der Waals surface area contributed by atoms with Gasteiger partial charge in [0.05, 0.1) is 15.9 Å². The van der Waals surface area contributed by atoms with E-state index in [1.54, 1.807) is 13.0 Å². The molecule has 0 spiro atoms. The van der Waals surface area contributed by atoms with Crippen molar-refractivity contribution in [1.82, 2.24) is 14.7 Å². The van der Waals surface area contributed by atoms with E-state index in [4.69, 9.17) is 0 Å². The summed E-state index contributed by atoms with van der Waals surface area (Å²) < 4.78 is 41.1. The molecule has 120 valence electrons. The molecule has 3 rings (SSSR count). The molecule has 0 radical (unpaired) electrons. The van der Waals surface area contributed by atoms with E-state index in [2.05, 4.69) is 14.7 Å². The van der Waals surface area contributed by atoms with Gasteiger partial charge in [-0.15, -0.1) is 0 Å². The number of aromatic nitrogens is 2. The van der Waals surface area contributed by atoms with E-state index in [-0.39, 0.29) is 10.5 Å². The minimum Gasteiger partial charge on any atom is -0.306 e. The van der Waals surface area contributed by atoms with Gasteiger partial charge in [-0.05, 0) is 31.2 Å². The predicted molar refractivity (Wildman–Crippen MR) is 84.1 cm³/mol. The van der Waals surface area contributed by atoms with Gasteiger partial charge in [-0.25, -0.2) is 22.3 Å². The first-order valence-electron chi connectivity index (χ1n) is 6.85. The monoisotopic (exact) mass is 335 g/mol. The molecule has 3 N–H and O–H groups in total. The third-order valence-corrected chi connectivity index (χ3v) is 5.04. The number of H-pyrrole nitrogens is 2. The lowest BCUT2D eigenvalue weighted by molar-refractivity contribution is 0.550. The summed E-state index contributed by atoms with van der Waals surface area (Å²) in [7, 11) is -3.86. The van der Waals surface area contributed by atoms with Crippen molar-refractivity contribution in [1.29, 1.82) is 0 Å². The summed E-state index contributed by atoms with van der Waals surface area (Å²) in [6, 6.07) is 9.46. The SMILES string of the molecule is CC(NS(=O)(=O)c1ccc2[nH]c(=O)[nH]c2c1)c1ccccc1F. The molecule has 8 heteroatoms. The van der Waals surface area contributed by atoms with Gasteiger partial charge in [-0.1, -0.05) is 18.2 Å². The highest BCUT2D eigenvalue weighted by molar-refractivity contribution is 7.89. The molecular weight excluding hydrogens is 321 g/mol. The van der Waals surface area contributed by atoms with Gasteiger partial charge in [-0.2, -0.15) is 0 Å². The van der Waals surface area contributed by atoms with E-state index in [0.717, 1.165) is 0 Å². The second-order valence-corrected chi connectivity index (χ2v) is 6.86. The van der Waals surface area contributed by atoms with Crippen LogP contribution in [0, 0.1) is 5.82 Å². The Morgan fingerprint density at radius 2 is 1.78 bits per heavy atom. The number of halogens is 1. The fourth-order valence-electron chi connectivity index (χ4n) is 2.37. The van der Waals surface area contributed by atoms with Crippen molar-refractivity contribution in [3.63, 3.8) is 0 Å². The highest BCUT2D eigenvalue weighted by atomic mass is 32.2. The summed E-state index contributed by atoms with van der Waals surface area (Å²) in [5.41, 5.74) is 0.738. The topological polar surface area (TPSA) is 94.8 Å². The average Bonchev–Trinajstić information content (AvgIpc) is 2.86. The minimum absolute atomic E-state index is 0.0107. The molecule has 0 saturated carbocycles. The number of aromatic amines is 2. The maximum Gasteiger partial charge on any atom is 0.323 e. The van der Waals surface area contributed by atoms with Crippen molar-refractivity contribution >= 4 is 21.1 Å². The van der Waals surface area contributed by atoms with Gasteiger partial charge >= 0.3 is 5.69 Å². The number of nitrogens with one attached hydrogen (secondary N) is 3. The zero-order valence-electron chi connectivity index (χ0n) is 12.1. The minimum atomic E-state index is -3.86. The number of hydrogen-bond acceptors (Lipinski definition) is 3. The summed E-state index contributed by atoms with van der Waals surface area (Å²) in [6.45, 7) is 1.56. The smallest absolute Gasteiger partial charge is 0.306 e. The molecule has 0 amide bonds. The molecule has 1 atom stereocenters. The van der Waals surface area contributed by atoms with Gasteiger partial charge in [-0.3, -0.25) is 0 Å². The molecule has 2 aromatic carbocycles. The van der Waals surface area contributed by atoms with Gasteiger partial charge in [0.2, 0.25) is 10.0 Å². The van der Waals surface area contributed by atoms with Gasteiger partial charge in [0.1, 0.15) is 5.82 Å². The lowest BCUT2D eigenvalue weighted by atomic mass is 10.1. The van der Waals surface area contributed by atoms with E-state index < -0.39 is 27.6 Å². The van der Waals surface area contributed by atoms with Crippen LogP contribution in [0.15, 0.2) is 52.2 Å². The van der Waals surface area contributed by atoms with Gasteiger partial charge in [0.15, 0.2) is 0 Å². The summed E-state index contributed by atoms with van der Waals surface area (Å²) in [6.07, 6.45) is 0. The van der Waals surface area contributed by atoms with E-state index in [9.17, 15) is 17.6 Å². The number of fused-ring (bicyclic) bond motifs is 1. The molecule has 3 aromatic rings.